The number of aliphatic hydroxyl groups excluding tert-OH is 1. The first-order chi connectivity index (χ1) is 7.45. The zero-order chi connectivity index (χ0) is 12.3. The molecule has 0 spiro atoms. The first kappa shape index (κ1) is 13.1. The van der Waals surface area contributed by atoms with Crippen molar-refractivity contribution in [3.05, 3.63) is 0 Å². The topological polar surface area (TPSA) is 75.6 Å². The van der Waals surface area contributed by atoms with Gasteiger partial charge in [0.2, 0.25) is 5.91 Å². The molecule has 1 heterocycles. The van der Waals surface area contributed by atoms with Gasteiger partial charge in [-0.3, -0.25) is 4.79 Å². The molecule has 1 amide bonds. The number of aliphatic hydroxyl groups is 1. The average Bonchev–Trinajstić information content (AvgIpc) is 2.19. The van der Waals surface area contributed by atoms with Crippen molar-refractivity contribution in [2.45, 2.75) is 51.5 Å². The van der Waals surface area contributed by atoms with Gasteiger partial charge >= 0.3 is 0 Å². The quantitative estimate of drug-likeness (QED) is 0.661. The highest BCUT2D eigenvalue weighted by Gasteiger charge is 2.39. The molecule has 5 nitrogen and oxygen atoms in total. The van der Waals surface area contributed by atoms with Gasteiger partial charge in [-0.15, -0.1) is 0 Å². The molecule has 4 atom stereocenters. The Kier molecular flexibility index (Phi) is 4.44. The van der Waals surface area contributed by atoms with Crippen LogP contribution in [0.15, 0.2) is 0 Å². The molecule has 0 aromatic heterocycles. The van der Waals surface area contributed by atoms with E-state index in [1.165, 1.54) is 6.92 Å². The van der Waals surface area contributed by atoms with Crippen molar-refractivity contribution in [2.24, 2.45) is 5.92 Å². The Morgan fingerprint density at radius 1 is 1.56 bits per heavy atom. The maximum Gasteiger partial charge on any atom is 0.217 e. The van der Waals surface area contributed by atoms with Gasteiger partial charge in [0.05, 0.1) is 18.2 Å². The summed E-state index contributed by atoms with van der Waals surface area (Å²) < 4.78 is 5.54. The number of carbonyl (C=O) groups is 2. The molecule has 92 valence electrons. The lowest BCUT2D eigenvalue weighted by Crippen LogP contribution is -2.58. The SMILES string of the molecule is CC(=O)NC1C(O)CC(C=O)O[C@H]1C(C)C. The van der Waals surface area contributed by atoms with Crippen molar-refractivity contribution in [1.82, 2.24) is 5.32 Å². The highest BCUT2D eigenvalue weighted by atomic mass is 16.5. The summed E-state index contributed by atoms with van der Waals surface area (Å²) in [5.41, 5.74) is 0. The van der Waals surface area contributed by atoms with Crippen LogP contribution in [0.1, 0.15) is 27.2 Å². The van der Waals surface area contributed by atoms with Crippen molar-refractivity contribution in [3.63, 3.8) is 0 Å². The fourth-order valence-electron chi connectivity index (χ4n) is 2.02. The van der Waals surface area contributed by atoms with Crippen LogP contribution in [0.4, 0.5) is 0 Å². The summed E-state index contributed by atoms with van der Waals surface area (Å²) in [6, 6.07) is -0.436. The summed E-state index contributed by atoms with van der Waals surface area (Å²) in [4.78, 5) is 21.7. The van der Waals surface area contributed by atoms with Gasteiger partial charge in [-0.25, -0.2) is 0 Å². The highest BCUT2D eigenvalue weighted by molar-refractivity contribution is 5.73. The van der Waals surface area contributed by atoms with Crippen molar-refractivity contribution >= 4 is 12.2 Å². The molecule has 1 fully saturated rings. The fraction of sp³-hybridized carbons (Fsp3) is 0.818. The number of aldehydes is 1. The minimum absolute atomic E-state index is 0.120. The van der Waals surface area contributed by atoms with Gasteiger partial charge in [0.25, 0.3) is 0 Å². The standard InChI is InChI=1S/C11H19NO4/c1-6(2)11-10(12-7(3)14)9(15)4-8(5-13)16-11/h5-6,8-11,15H,4H2,1-3H3,(H,12,14)/t8?,9?,10?,11-/m0/s1. The summed E-state index contributed by atoms with van der Waals surface area (Å²) in [7, 11) is 0. The van der Waals surface area contributed by atoms with E-state index in [-0.39, 0.29) is 24.3 Å². The monoisotopic (exact) mass is 229 g/mol. The Bertz CT molecular complexity index is 267. The lowest BCUT2D eigenvalue weighted by atomic mass is 9.89. The number of carbonyl (C=O) groups excluding carboxylic acids is 2. The molecular weight excluding hydrogens is 210 g/mol. The lowest BCUT2D eigenvalue weighted by Gasteiger charge is -2.40. The molecule has 0 saturated carbocycles. The third kappa shape index (κ3) is 3.02. The van der Waals surface area contributed by atoms with Crippen LogP contribution in [0.25, 0.3) is 0 Å². The van der Waals surface area contributed by atoms with Crippen LogP contribution < -0.4 is 5.32 Å². The summed E-state index contributed by atoms with van der Waals surface area (Å²) in [6.45, 7) is 5.26. The van der Waals surface area contributed by atoms with Gasteiger partial charge in [0.15, 0.2) is 0 Å². The van der Waals surface area contributed by atoms with Crippen molar-refractivity contribution in [2.75, 3.05) is 0 Å². The molecule has 0 aromatic carbocycles. The number of nitrogens with one attached hydrogen (secondary N) is 1. The molecule has 1 saturated heterocycles. The first-order valence-electron chi connectivity index (χ1n) is 5.51. The largest absolute Gasteiger partial charge is 0.391 e. The Morgan fingerprint density at radius 3 is 2.62 bits per heavy atom. The van der Waals surface area contributed by atoms with E-state index in [9.17, 15) is 14.7 Å². The van der Waals surface area contributed by atoms with E-state index < -0.39 is 18.2 Å². The summed E-state index contributed by atoms with van der Waals surface area (Å²) in [5.74, 6) is -0.0860. The van der Waals surface area contributed by atoms with E-state index in [2.05, 4.69) is 5.32 Å². The normalized spacial score (nSPS) is 34.8. The first-order valence-corrected chi connectivity index (χ1v) is 5.51. The van der Waals surface area contributed by atoms with Gasteiger partial charge < -0.3 is 20.0 Å². The van der Waals surface area contributed by atoms with Gasteiger partial charge in [0, 0.05) is 13.3 Å². The van der Waals surface area contributed by atoms with Crippen molar-refractivity contribution in [3.8, 4) is 0 Å². The molecular formula is C11H19NO4. The third-order valence-corrected chi connectivity index (χ3v) is 2.75. The fourth-order valence-corrected chi connectivity index (χ4v) is 2.02. The van der Waals surface area contributed by atoms with Crippen LogP contribution >= 0.6 is 0 Å². The summed E-state index contributed by atoms with van der Waals surface area (Å²) in [5, 5.41) is 12.6. The molecule has 3 unspecified atom stereocenters. The molecule has 1 aliphatic heterocycles. The van der Waals surface area contributed by atoms with E-state index in [1.807, 2.05) is 13.8 Å². The highest BCUT2D eigenvalue weighted by Crippen LogP contribution is 2.24. The van der Waals surface area contributed by atoms with Gasteiger partial charge in [-0.2, -0.15) is 0 Å². The Balaban J connectivity index is 2.78. The zero-order valence-electron chi connectivity index (χ0n) is 9.84. The second-order valence-electron chi connectivity index (χ2n) is 4.55. The van der Waals surface area contributed by atoms with Crippen LogP contribution in [0.2, 0.25) is 0 Å². The number of hydrogen-bond acceptors (Lipinski definition) is 4. The third-order valence-electron chi connectivity index (χ3n) is 2.75. The van der Waals surface area contributed by atoms with Gasteiger partial charge in [-0.1, -0.05) is 13.8 Å². The van der Waals surface area contributed by atoms with Crippen LogP contribution in [0.3, 0.4) is 0 Å². The summed E-state index contributed by atoms with van der Waals surface area (Å²) in [6.07, 6.45) is -0.712. The number of amides is 1. The van der Waals surface area contributed by atoms with E-state index in [0.717, 1.165) is 0 Å². The maximum atomic E-state index is 11.0. The Hall–Kier alpha value is -0.940. The van der Waals surface area contributed by atoms with Gasteiger partial charge in [-0.05, 0) is 5.92 Å². The summed E-state index contributed by atoms with van der Waals surface area (Å²) >= 11 is 0. The van der Waals surface area contributed by atoms with Crippen LogP contribution in [0.5, 0.6) is 0 Å². The molecule has 1 aliphatic rings. The van der Waals surface area contributed by atoms with Gasteiger partial charge in [0.1, 0.15) is 12.4 Å². The molecule has 0 bridgehead atoms. The average molecular weight is 229 g/mol. The molecule has 5 heteroatoms. The van der Waals surface area contributed by atoms with E-state index in [4.69, 9.17) is 4.74 Å². The molecule has 16 heavy (non-hydrogen) atoms. The van der Waals surface area contributed by atoms with Crippen molar-refractivity contribution < 1.29 is 19.4 Å². The smallest absolute Gasteiger partial charge is 0.217 e. The second kappa shape index (κ2) is 5.41. The molecule has 0 aromatic rings. The molecule has 0 radical (unpaired) electrons. The Morgan fingerprint density at radius 2 is 2.19 bits per heavy atom. The predicted molar refractivity (Wildman–Crippen MR) is 57.8 cm³/mol. The lowest BCUT2D eigenvalue weighted by molar-refractivity contribution is -0.152. The van der Waals surface area contributed by atoms with Crippen LogP contribution in [0, 0.1) is 5.92 Å². The minimum atomic E-state index is -0.736. The Labute approximate surface area is 95.2 Å². The number of rotatable bonds is 3. The van der Waals surface area contributed by atoms with E-state index >= 15 is 0 Å². The maximum absolute atomic E-state index is 11.0. The van der Waals surface area contributed by atoms with E-state index in [1.54, 1.807) is 0 Å². The second-order valence-corrected chi connectivity index (χ2v) is 4.55. The number of hydrogen-bond donors (Lipinski definition) is 2. The van der Waals surface area contributed by atoms with Crippen molar-refractivity contribution in [1.29, 1.82) is 0 Å². The van der Waals surface area contributed by atoms with Crippen LogP contribution in [-0.4, -0.2) is 41.7 Å². The van der Waals surface area contributed by atoms with E-state index in [0.29, 0.717) is 6.29 Å². The van der Waals surface area contributed by atoms with Crippen LogP contribution in [-0.2, 0) is 14.3 Å². The minimum Gasteiger partial charge on any atom is -0.391 e. The predicted octanol–water partition coefficient (Wildman–Crippen LogP) is -0.136. The zero-order valence-corrected chi connectivity index (χ0v) is 9.84. The molecule has 0 aliphatic carbocycles. The molecule has 1 rings (SSSR count). The molecule has 2 N–H and O–H groups in total. The number of ether oxygens (including phenoxy) is 1.